The number of benzene rings is 2. The molecule has 1 N–H and O–H groups in total. The summed E-state index contributed by atoms with van der Waals surface area (Å²) in [5.74, 6) is 0.371. The first kappa shape index (κ1) is 17.6. The van der Waals surface area contributed by atoms with Gasteiger partial charge in [-0.15, -0.1) is 0 Å². The summed E-state index contributed by atoms with van der Waals surface area (Å²) >= 11 is 6.01. The molecule has 0 saturated carbocycles. The highest BCUT2D eigenvalue weighted by Crippen LogP contribution is 2.35. The fourth-order valence-corrected chi connectivity index (χ4v) is 3.89. The number of hydrogen-bond donors (Lipinski definition) is 1. The maximum absolute atomic E-state index is 12.5. The van der Waals surface area contributed by atoms with E-state index in [4.69, 9.17) is 16.3 Å². The second-order valence-electron chi connectivity index (χ2n) is 5.72. The van der Waals surface area contributed by atoms with Crippen molar-refractivity contribution >= 4 is 38.9 Å². The van der Waals surface area contributed by atoms with Crippen molar-refractivity contribution in [2.24, 2.45) is 0 Å². The predicted molar refractivity (Wildman–Crippen MR) is 97.0 cm³/mol. The van der Waals surface area contributed by atoms with Gasteiger partial charge >= 0.3 is 0 Å². The molecule has 0 spiro atoms. The van der Waals surface area contributed by atoms with Crippen molar-refractivity contribution in [1.82, 2.24) is 0 Å². The number of amides is 1. The van der Waals surface area contributed by atoms with Crippen LogP contribution in [0.1, 0.15) is 12.5 Å². The Hall–Kier alpha value is -2.25. The molecule has 0 unspecified atom stereocenters. The first-order valence-corrected chi connectivity index (χ1v) is 9.48. The molecule has 25 heavy (non-hydrogen) atoms. The third-order valence-corrected chi connectivity index (χ3v) is 5.70. The minimum atomic E-state index is -3.78. The summed E-state index contributed by atoms with van der Waals surface area (Å²) in [5.41, 5.74) is 1.77. The van der Waals surface area contributed by atoms with Gasteiger partial charge in [0, 0.05) is 18.0 Å². The number of carbonyl (C=O) groups excluding carboxylic acids is 1. The quantitative estimate of drug-likeness (QED) is 0.887. The minimum Gasteiger partial charge on any atom is -0.489 e. The van der Waals surface area contributed by atoms with E-state index in [0.29, 0.717) is 35.3 Å². The van der Waals surface area contributed by atoms with Gasteiger partial charge in [0.05, 0.1) is 22.8 Å². The average molecular weight is 381 g/mol. The number of fused-ring (bicyclic) bond motifs is 1. The topological polar surface area (TPSA) is 75.7 Å². The van der Waals surface area contributed by atoms with Crippen LogP contribution in [0.5, 0.6) is 5.75 Å². The van der Waals surface area contributed by atoms with Crippen molar-refractivity contribution in [3.63, 3.8) is 0 Å². The lowest BCUT2D eigenvalue weighted by atomic mass is 10.2. The number of ether oxygens (including phenoxy) is 1. The molecule has 0 bridgehead atoms. The summed E-state index contributed by atoms with van der Waals surface area (Å²) in [6.07, 6.45) is 0. The molecule has 0 fully saturated rings. The molecule has 0 radical (unpaired) electrons. The number of nitrogens with one attached hydrogen (secondary N) is 1. The SMILES string of the molecule is CC(=O)N1CCOc2cc(NS(=O)(=O)c3ccc(C)c(Cl)c3)ccc21. The van der Waals surface area contributed by atoms with Gasteiger partial charge in [-0.05, 0) is 36.8 Å². The lowest BCUT2D eigenvalue weighted by Gasteiger charge is -2.29. The van der Waals surface area contributed by atoms with Crippen LogP contribution < -0.4 is 14.4 Å². The molecule has 1 aliphatic heterocycles. The fourth-order valence-electron chi connectivity index (χ4n) is 2.57. The molecule has 132 valence electrons. The van der Waals surface area contributed by atoms with Crippen LogP contribution in [0, 0.1) is 6.92 Å². The molecule has 0 saturated heterocycles. The van der Waals surface area contributed by atoms with Gasteiger partial charge in [-0.1, -0.05) is 17.7 Å². The van der Waals surface area contributed by atoms with Crippen molar-refractivity contribution < 1.29 is 17.9 Å². The smallest absolute Gasteiger partial charge is 0.261 e. The number of halogens is 1. The number of hydrogen-bond acceptors (Lipinski definition) is 4. The summed E-state index contributed by atoms with van der Waals surface area (Å²) in [4.78, 5) is 13.3. The van der Waals surface area contributed by atoms with Crippen LogP contribution in [0.25, 0.3) is 0 Å². The molecule has 0 aliphatic carbocycles. The van der Waals surface area contributed by atoms with E-state index >= 15 is 0 Å². The van der Waals surface area contributed by atoms with Crippen LogP contribution in [0.3, 0.4) is 0 Å². The van der Waals surface area contributed by atoms with E-state index in [9.17, 15) is 13.2 Å². The molecular formula is C17H17ClN2O4S. The van der Waals surface area contributed by atoms with Crippen LogP contribution in [0.15, 0.2) is 41.3 Å². The summed E-state index contributed by atoms with van der Waals surface area (Å²) in [7, 11) is -3.78. The third kappa shape index (κ3) is 3.57. The van der Waals surface area contributed by atoms with Crippen molar-refractivity contribution in [2.75, 3.05) is 22.8 Å². The zero-order chi connectivity index (χ0) is 18.2. The maximum atomic E-state index is 12.5. The Morgan fingerprint density at radius 1 is 1.24 bits per heavy atom. The normalized spacial score (nSPS) is 13.8. The molecule has 3 rings (SSSR count). The highest BCUT2D eigenvalue weighted by Gasteiger charge is 2.22. The van der Waals surface area contributed by atoms with Crippen LogP contribution in [0.2, 0.25) is 5.02 Å². The summed E-state index contributed by atoms with van der Waals surface area (Å²) < 4.78 is 33.1. The molecule has 1 heterocycles. The van der Waals surface area contributed by atoms with E-state index in [1.165, 1.54) is 19.1 Å². The first-order chi connectivity index (χ1) is 11.8. The number of carbonyl (C=O) groups is 1. The molecule has 1 aliphatic rings. The highest BCUT2D eigenvalue weighted by molar-refractivity contribution is 7.92. The molecule has 2 aromatic rings. The van der Waals surface area contributed by atoms with E-state index in [1.807, 2.05) is 0 Å². The summed E-state index contributed by atoms with van der Waals surface area (Å²) in [6, 6.07) is 9.38. The molecule has 0 aromatic heterocycles. The first-order valence-electron chi connectivity index (χ1n) is 7.62. The number of sulfonamides is 1. The fraction of sp³-hybridized carbons (Fsp3) is 0.235. The van der Waals surface area contributed by atoms with Gasteiger partial charge in [0.25, 0.3) is 10.0 Å². The average Bonchev–Trinajstić information content (AvgIpc) is 2.56. The standard InChI is InChI=1S/C17H17ClN2O4S/c1-11-3-5-14(10-15(11)18)25(22,23)19-13-4-6-16-17(9-13)24-8-7-20(16)12(2)21/h3-6,9-10,19H,7-8H2,1-2H3. The van der Waals surface area contributed by atoms with Gasteiger partial charge in [0.15, 0.2) is 0 Å². The number of rotatable bonds is 3. The van der Waals surface area contributed by atoms with Crippen LogP contribution in [0.4, 0.5) is 11.4 Å². The van der Waals surface area contributed by atoms with Crippen molar-refractivity contribution in [2.45, 2.75) is 18.7 Å². The Bertz CT molecular complexity index is 944. The van der Waals surface area contributed by atoms with Crippen molar-refractivity contribution in [3.05, 3.63) is 47.0 Å². The Morgan fingerprint density at radius 3 is 2.68 bits per heavy atom. The van der Waals surface area contributed by atoms with E-state index < -0.39 is 10.0 Å². The number of nitrogens with zero attached hydrogens (tertiary/aromatic N) is 1. The van der Waals surface area contributed by atoms with Gasteiger partial charge in [-0.2, -0.15) is 0 Å². The van der Waals surface area contributed by atoms with Crippen molar-refractivity contribution in [3.8, 4) is 5.75 Å². The van der Waals surface area contributed by atoms with E-state index in [2.05, 4.69) is 4.72 Å². The van der Waals surface area contributed by atoms with Gasteiger partial charge < -0.3 is 9.64 Å². The number of aryl methyl sites for hydroxylation is 1. The Kier molecular flexibility index (Phi) is 4.62. The molecule has 0 atom stereocenters. The van der Waals surface area contributed by atoms with Crippen LogP contribution >= 0.6 is 11.6 Å². The van der Waals surface area contributed by atoms with Gasteiger partial charge in [-0.3, -0.25) is 9.52 Å². The molecular weight excluding hydrogens is 364 g/mol. The van der Waals surface area contributed by atoms with Crippen LogP contribution in [-0.4, -0.2) is 27.5 Å². The zero-order valence-electron chi connectivity index (χ0n) is 13.7. The monoisotopic (exact) mass is 380 g/mol. The maximum Gasteiger partial charge on any atom is 0.261 e. The molecule has 8 heteroatoms. The Morgan fingerprint density at radius 2 is 2.00 bits per heavy atom. The molecule has 2 aromatic carbocycles. The van der Waals surface area contributed by atoms with E-state index in [1.54, 1.807) is 36.1 Å². The molecule has 1 amide bonds. The summed E-state index contributed by atoms with van der Waals surface area (Å²) in [6.45, 7) is 4.10. The molecule has 6 nitrogen and oxygen atoms in total. The lowest BCUT2D eigenvalue weighted by molar-refractivity contribution is -0.116. The third-order valence-electron chi connectivity index (χ3n) is 3.91. The van der Waals surface area contributed by atoms with Crippen molar-refractivity contribution in [1.29, 1.82) is 0 Å². The second kappa shape index (κ2) is 6.57. The van der Waals surface area contributed by atoms with Gasteiger partial charge in [-0.25, -0.2) is 8.42 Å². The second-order valence-corrected chi connectivity index (χ2v) is 7.81. The van der Waals surface area contributed by atoms with Gasteiger partial charge in [0.1, 0.15) is 12.4 Å². The van der Waals surface area contributed by atoms with E-state index in [-0.39, 0.29) is 10.8 Å². The highest BCUT2D eigenvalue weighted by atomic mass is 35.5. The van der Waals surface area contributed by atoms with E-state index in [0.717, 1.165) is 5.56 Å². The zero-order valence-corrected chi connectivity index (χ0v) is 15.3. The lowest BCUT2D eigenvalue weighted by Crippen LogP contribution is -2.36. The minimum absolute atomic E-state index is 0.0760. The predicted octanol–water partition coefficient (Wildman–Crippen LogP) is 3.19. The Balaban J connectivity index is 1.90. The number of anilines is 2. The largest absolute Gasteiger partial charge is 0.489 e. The van der Waals surface area contributed by atoms with Crippen LogP contribution in [-0.2, 0) is 14.8 Å². The van der Waals surface area contributed by atoms with Gasteiger partial charge in [0.2, 0.25) is 5.91 Å². The summed E-state index contributed by atoms with van der Waals surface area (Å²) in [5, 5.41) is 0.383. The Labute approximate surface area is 151 Å².